The lowest BCUT2D eigenvalue weighted by Crippen LogP contribution is -2.17. The molecule has 3 aromatic rings. The van der Waals surface area contributed by atoms with Gasteiger partial charge < -0.3 is 10.4 Å². The van der Waals surface area contributed by atoms with Gasteiger partial charge in [0.2, 0.25) is 0 Å². The van der Waals surface area contributed by atoms with Crippen molar-refractivity contribution < 1.29 is 9.50 Å². The molecule has 2 aromatic heterocycles. The van der Waals surface area contributed by atoms with Crippen molar-refractivity contribution in [2.45, 2.75) is 32.9 Å². The number of benzene rings is 1. The maximum absolute atomic E-state index is 13.0. The average molecular weight is 330 g/mol. The number of aromatic nitrogens is 5. The fraction of sp³-hybridized carbons (Fsp3) is 0.375. The van der Waals surface area contributed by atoms with Crippen molar-refractivity contribution >= 4 is 17.0 Å². The lowest BCUT2D eigenvalue weighted by atomic mass is 10.2. The molecule has 2 heterocycles. The summed E-state index contributed by atoms with van der Waals surface area (Å²) in [6.07, 6.45) is 0.162. The normalized spacial score (nSPS) is 12.5. The molecule has 7 nitrogen and oxygen atoms in total. The van der Waals surface area contributed by atoms with Crippen molar-refractivity contribution in [2.24, 2.45) is 0 Å². The number of fused-ring (bicyclic) bond motifs is 1. The van der Waals surface area contributed by atoms with Crippen LogP contribution >= 0.6 is 0 Å². The Morgan fingerprint density at radius 1 is 1.25 bits per heavy atom. The first kappa shape index (κ1) is 16.3. The Labute approximate surface area is 138 Å². The van der Waals surface area contributed by atoms with Gasteiger partial charge in [0.15, 0.2) is 17.0 Å². The van der Waals surface area contributed by atoms with E-state index in [9.17, 15) is 9.50 Å². The largest absolute Gasteiger partial charge is 0.392 e. The van der Waals surface area contributed by atoms with E-state index in [0.29, 0.717) is 42.3 Å². The van der Waals surface area contributed by atoms with E-state index in [0.717, 1.165) is 5.56 Å². The molecule has 8 heteroatoms. The van der Waals surface area contributed by atoms with Crippen molar-refractivity contribution in [2.75, 3.05) is 11.9 Å². The summed E-state index contributed by atoms with van der Waals surface area (Å²) in [7, 11) is 0. The Morgan fingerprint density at radius 3 is 2.67 bits per heavy atom. The van der Waals surface area contributed by atoms with E-state index in [2.05, 4.69) is 25.6 Å². The molecule has 0 amide bonds. The highest BCUT2D eigenvalue weighted by Crippen LogP contribution is 2.19. The molecular weight excluding hydrogens is 311 g/mol. The summed E-state index contributed by atoms with van der Waals surface area (Å²) in [5.74, 6) is 0.948. The number of aryl methyl sites for hydroxylation is 1. The number of hydrogen-bond acceptors (Lipinski definition) is 6. The molecule has 24 heavy (non-hydrogen) atoms. The highest BCUT2D eigenvalue weighted by molar-refractivity contribution is 5.82. The van der Waals surface area contributed by atoms with E-state index in [1.165, 1.54) is 12.1 Å². The SMILES string of the molecule is CCc1nc(NCC(C)O)c2nnn(Cc3ccc(F)cc3)c2n1. The van der Waals surface area contributed by atoms with Crippen LogP contribution in [0.25, 0.3) is 11.2 Å². The second-order valence-corrected chi connectivity index (χ2v) is 5.62. The number of nitrogens with zero attached hydrogens (tertiary/aromatic N) is 5. The molecule has 126 valence electrons. The topological polar surface area (TPSA) is 88.8 Å². The summed E-state index contributed by atoms with van der Waals surface area (Å²) in [5.41, 5.74) is 2.06. The highest BCUT2D eigenvalue weighted by Gasteiger charge is 2.14. The van der Waals surface area contributed by atoms with Crippen LogP contribution in [0.2, 0.25) is 0 Å². The fourth-order valence-electron chi connectivity index (χ4n) is 2.30. The van der Waals surface area contributed by atoms with Crippen molar-refractivity contribution in [1.29, 1.82) is 0 Å². The minimum atomic E-state index is -0.505. The smallest absolute Gasteiger partial charge is 0.184 e. The summed E-state index contributed by atoms with van der Waals surface area (Å²) in [5, 5.41) is 20.8. The van der Waals surface area contributed by atoms with Crippen LogP contribution in [0.4, 0.5) is 10.2 Å². The number of rotatable bonds is 6. The second-order valence-electron chi connectivity index (χ2n) is 5.62. The van der Waals surface area contributed by atoms with Gasteiger partial charge in [0.1, 0.15) is 11.6 Å². The Bertz CT molecular complexity index is 830. The molecule has 0 saturated heterocycles. The third-order valence-electron chi connectivity index (χ3n) is 3.54. The Hall–Kier alpha value is -2.61. The molecular formula is C16H19FN6O. The van der Waals surface area contributed by atoms with Crippen molar-refractivity contribution in [3.8, 4) is 0 Å². The number of anilines is 1. The van der Waals surface area contributed by atoms with Gasteiger partial charge in [-0.05, 0) is 24.6 Å². The van der Waals surface area contributed by atoms with E-state index in [-0.39, 0.29) is 5.82 Å². The van der Waals surface area contributed by atoms with E-state index in [1.54, 1.807) is 23.7 Å². The van der Waals surface area contributed by atoms with Gasteiger partial charge in [-0.3, -0.25) is 0 Å². The van der Waals surface area contributed by atoms with Gasteiger partial charge in [-0.25, -0.2) is 19.0 Å². The van der Waals surface area contributed by atoms with Gasteiger partial charge in [0.25, 0.3) is 0 Å². The Kier molecular flexibility index (Phi) is 4.66. The molecule has 0 fully saturated rings. The lowest BCUT2D eigenvalue weighted by molar-refractivity contribution is 0.208. The summed E-state index contributed by atoms with van der Waals surface area (Å²) in [6.45, 7) is 4.46. The van der Waals surface area contributed by atoms with Gasteiger partial charge in [-0.15, -0.1) is 5.10 Å². The van der Waals surface area contributed by atoms with E-state index >= 15 is 0 Å². The first-order valence-corrected chi connectivity index (χ1v) is 7.83. The first-order chi connectivity index (χ1) is 11.6. The standard InChI is InChI=1S/C16H19FN6O/c1-3-13-19-15(18-8-10(2)24)14-16(20-13)23(22-21-14)9-11-4-6-12(17)7-5-11/h4-7,10,24H,3,8-9H2,1-2H3,(H,18,19,20). The molecule has 0 bridgehead atoms. The molecule has 0 radical (unpaired) electrons. The first-order valence-electron chi connectivity index (χ1n) is 7.83. The third kappa shape index (κ3) is 3.48. The third-order valence-corrected chi connectivity index (χ3v) is 3.54. The monoisotopic (exact) mass is 330 g/mol. The number of hydrogen-bond donors (Lipinski definition) is 2. The zero-order valence-electron chi connectivity index (χ0n) is 13.6. The Morgan fingerprint density at radius 2 is 2.00 bits per heavy atom. The van der Waals surface area contributed by atoms with E-state index < -0.39 is 6.10 Å². The van der Waals surface area contributed by atoms with Crippen molar-refractivity contribution in [3.05, 3.63) is 41.5 Å². The van der Waals surface area contributed by atoms with Crippen LogP contribution in [0.5, 0.6) is 0 Å². The van der Waals surface area contributed by atoms with Gasteiger partial charge in [0, 0.05) is 13.0 Å². The molecule has 1 unspecified atom stereocenters. The number of aliphatic hydroxyl groups excluding tert-OH is 1. The van der Waals surface area contributed by atoms with Crippen LogP contribution < -0.4 is 5.32 Å². The highest BCUT2D eigenvalue weighted by atomic mass is 19.1. The Balaban J connectivity index is 1.97. The quantitative estimate of drug-likeness (QED) is 0.716. The maximum Gasteiger partial charge on any atom is 0.184 e. The number of nitrogens with one attached hydrogen (secondary N) is 1. The van der Waals surface area contributed by atoms with Crippen LogP contribution in [0.1, 0.15) is 25.2 Å². The summed E-state index contributed by atoms with van der Waals surface area (Å²) < 4.78 is 14.7. The minimum absolute atomic E-state index is 0.276. The van der Waals surface area contributed by atoms with Gasteiger partial charge in [0.05, 0.1) is 12.6 Å². The summed E-state index contributed by atoms with van der Waals surface area (Å²) in [6, 6.07) is 6.24. The fourth-order valence-corrected chi connectivity index (χ4v) is 2.30. The van der Waals surface area contributed by atoms with Crippen LogP contribution in [-0.4, -0.2) is 42.7 Å². The number of halogens is 1. The molecule has 2 N–H and O–H groups in total. The molecule has 0 aliphatic rings. The van der Waals surface area contributed by atoms with Crippen LogP contribution in [0.3, 0.4) is 0 Å². The maximum atomic E-state index is 13.0. The molecule has 0 saturated carbocycles. The van der Waals surface area contributed by atoms with Crippen LogP contribution in [0, 0.1) is 5.82 Å². The molecule has 0 spiro atoms. The van der Waals surface area contributed by atoms with Crippen LogP contribution in [-0.2, 0) is 13.0 Å². The van der Waals surface area contributed by atoms with Crippen LogP contribution in [0.15, 0.2) is 24.3 Å². The molecule has 3 rings (SSSR count). The van der Waals surface area contributed by atoms with Gasteiger partial charge in [-0.1, -0.05) is 24.3 Å². The number of aliphatic hydroxyl groups is 1. The lowest BCUT2D eigenvalue weighted by Gasteiger charge is -2.09. The predicted molar refractivity (Wildman–Crippen MR) is 88.2 cm³/mol. The van der Waals surface area contributed by atoms with Gasteiger partial charge >= 0.3 is 0 Å². The minimum Gasteiger partial charge on any atom is -0.392 e. The average Bonchev–Trinajstić information content (AvgIpc) is 2.97. The van der Waals surface area contributed by atoms with Crippen molar-refractivity contribution in [3.63, 3.8) is 0 Å². The molecule has 1 aromatic carbocycles. The molecule has 0 aliphatic carbocycles. The zero-order chi connectivity index (χ0) is 17.1. The van der Waals surface area contributed by atoms with E-state index in [1.807, 2.05) is 6.92 Å². The van der Waals surface area contributed by atoms with E-state index in [4.69, 9.17) is 0 Å². The molecule has 0 aliphatic heterocycles. The summed E-state index contributed by atoms with van der Waals surface area (Å²) in [4.78, 5) is 8.93. The summed E-state index contributed by atoms with van der Waals surface area (Å²) >= 11 is 0. The zero-order valence-corrected chi connectivity index (χ0v) is 13.6. The van der Waals surface area contributed by atoms with Crippen molar-refractivity contribution in [1.82, 2.24) is 25.0 Å². The molecule has 1 atom stereocenters. The predicted octanol–water partition coefficient (Wildman–Crippen LogP) is 1.76. The second kappa shape index (κ2) is 6.88. The van der Waals surface area contributed by atoms with Gasteiger partial charge in [-0.2, -0.15) is 0 Å².